The third kappa shape index (κ3) is 6.92. The molecule has 9 nitrogen and oxygen atoms in total. The van der Waals surface area contributed by atoms with Crippen LogP contribution in [0.4, 0.5) is 23.7 Å². The van der Waals surface area contributed by atoms with Crippen molar-refractivity contribution < 1.29 is 27.5 Å². The minimum Gasteiger partial charge on any atom is -0.406 e. The van der Waals surface area contributed by atoms with E-state index < -0.39 is 12.4 Å². The predicted molar refractivity (Wildman–Crippen MR) is 149 cm³/mol. The Labute approximate surface area is 237 Å². The van der Waals surface area contributed by atoms with E-state index in [-0.39, 0.29) is 17.4 Å². The quantitative estimate of drug-likeness (QED) is 0.309. The molecular weight excluding hydrogens is 557 g/mol. The van der Waals surface area contributed by atoms with Gasteiger partial charge in [-0.2, -0.15) is 4.99 Å². The number of ether oxygens (including phenoxy) is 1. The van der Waals surface area contributed by atoms with Gasteiger partial charge in [-0.15, -0.1) is 18.3 Å². The topological polar surface area (TPSA) is 102 Å². The summed E-state index contributed by atoms with van der Waals surface area (Å²) < 4.78 is 42.4. The van der Waals surface area contributed by atoms with Gasteiger partial charge in [0.05, 0.1) is 17.1 Å². The Morgan fingerprint density at radius 2 is 1.80 bits per heavy atom. The van der Waals surface area contributed by atoms with E-state index in [1.165, 1.54) is 51.9 Å². The molecule has 3 amide bonds. The van der Waals surface area contributed by atoms with Crippen LogP contribution in [-0.2, 0) is 11.2 Å². The summed E-state index contributed by atoms with van der Waals surface area (Å²) >= 11 is 1.23. The zero-order valence-corrected chi connectivity index (χ0v) is 22.4. The molecular formula is C28H23F3N6O3S. The van der Waals surface area contributed by atoms with Gasteiger partial charge in [0.25, 0.3) is 0 Å². The number of aliphatic imine (C=N–C) groups is 1. The molecule has 0 spiro atoms. The van der Waals surface area contributed by atoms with Crippen LogP contribution < -0.4 is 15.0 Å². The van der Waals surface area contributed by atoms with E-state index in [1.54, 1.807) is 0 Å². The first-order valence-corrected chi connectivity index (χ1v) is 13.4. The fourth-order valence-corrected chi connectivity index (χ4v) is 4.94. The Kier molecular flexibility index (Phi) is 8.06. The van der Waals surface area contributed by atoms with Crippen LogP contribution in [-0.4, -0.2) is 50.5 Å². The van der Waals surface area contributed by atoms with Crippen molar-refractivity contribution in [2.24, 2.45) is 4.99 Å². The second kappa shape index (κ2) is 11.8. The molecule has 1 aliphatic rings. The number of alkyl halides is 3. The predicted octanol–water partition coefficient (Wildman–Crippen LogP) is 5.53. The lowest BCUT2D eigenvalue weighted by Crippen LogP contribution is -2.32. The van der Waals surface area contributed by atoms with Gasteiger partial charge in [0, 0.05) is 12.1 Å². The third-order valence-electron chi connectivity index (χ3n) is 6.05. The van der Waals surface area contributed by atoms with E-state index in [1.807, 2.05) is 55.5 Å². The number of rotatable bonds is 7. The van der Waals surface area contributed by atoms with Gasteiger partial charge in [-0.3, -0.25) is 9.69 Å². The fourth-order valence-electron chi connectivity index (χ4n) is 4.08. The van der Waals surface area contributed by atoms with Crippen molar-refractivity contribution in [3.63, 3.8) is 0 Å². The number of nitrogens with zero attached hydrogens (tertiary/aromatic N) is 5. The molecule has 210 valence electrons. The lowest BCUT2D eigenvalue weighted by Gasteiger charge is -2.18. The molecule has 0 bridgehead atoms. The summed E-state index contributed by atoms with van der Waals surface area (Å²) in [6.07, 6.45) is -2.73. The third-order valence-corrected chi connectivity index (χ3v) is 6.97. The van der Waals surface area contributed by atoms with E-state index in [2.05, 4.69) is 25.1 Å². The number of halogens is 3. The lowest BCUT2D eigenvalue weighted by molar-refractivity contribution is -0.274. The summed E-state index contributed by atoms with van der Waals surface area (Å²) in [6.45, 7) is 2.24. The molecule has 1 saturated heterocycles. The maximum Gasteiger partial charge on any atom is 0.573 e. The van der Waals surface area contributed by atoms with Crippen LogP contribution in [0.15, 0.2) is 84.1 Å². The molecule has 0 aliphatic carbocycles. The van der Waals surface area contributed by atoms with E-state index in [4.69, 9.17) is 0 Å². The minimum absolute atomic E-state index is 0.122. The minimum atomic E-state index is -4.76. The largest absolute Gasteiger partial charge is 0.573 e. The Morgan fingerprint density at radius 1 is 1.07 bits per heavy atom. The normalized spacial score (nSPS) is 14.5. The average Bonchev–Trinajstić information content (AvgIpc) is 3.56. The zero-order valence-electron chi connectivity index (χ0n) is 21.6. The smallest absolute Gasteiger partial charge is 0.406 e. The van der Waals surface area contributed by atoms with Crippen molar-refractivity contribution in [3.8, 4) is 22.8 Å². The van der Waals surface area contributed by atoms with Crippen LogP contribution in [0.2, 0.25) is 0 Å². The van der Waals surface area contributed by atoms with Gasteiger partial charge in [-0.25, -0.2) is 14.5 Å². The van der Waals surface area contributed by atoms with E-state index in [0.717, 1.165) is 16.7 Å². The van der Waals surface area contributed by atoms with Crippen molar-refractivity contribution in [1.82, 2.24) is 20.1 Å². The van der Waals surface area contributed by atoms with Gasteiger partial charge in [0.2, 0.25) is 5.91 Å². The Balaban J connectivity index is 1.15. The van der Waals surface area contributed by atoms with E-state index in [9.17, 15) is 22.8 Å². The average molecular weight is 581 g/mol. The number of amides is 3. The summed E-state index contributed by atoms with van der Waals surface area (Å²) in [5, 5.41) is 7.52. The highest BCUT2D eigenvalue weighted by molar-refractivity contribution is 8.15. The van der Waals surface area contributed by atoms with Crippen molar-refractivity contribution in [2.45, 2.75) is 19.7 Å². The zero-order chi connectivity index (χ0) is 29.0. The molecule has 2 heterocycles. The molecule has 1 aromatic heterocycles. The number of amidine groups is 1. The first kappa shape index (κ1) is 27.9. The van der Waals surface area contributed by atoms with Crippen LogP contribution in [0.1, 0.15) is 11.1 Å². The van der Waals surface area contributed by atoms with Gasteiger partial charge >= 0.3 is 12.4 Å². The van der Waals surface area contributed by atoms with Crippen molar-refractivity contribution in [1.29, 1.82) is 0 Å². The molecule has 0 unspecified atom stereocenters. The first-order chi connectivity index (χ1) is 19.7. The number of hydrogen-bond donors (Lipinski definition) is 1. The molecule has 3 aromatic carbocycles. The summed E-state index contributed by atoms with van der Waals surface area (Å²) in [7, 11) is 0. The number of aromatic nitrogens is 3. The van der Waals surface area contributed by atoms with Gasteiger partial charge < -0.3 is 10.1 Å². The summed E-state index contributed by atoms with van der Waals surface area (Å²) in [6, 6.07) is 19.7. The van der Waals surface area contributed by atoms with Crippen LogP contribution in [0, 0.1) is 6.92 Å². The second-order valence-corrected chi connectivity index (χ2v) is 9.87. The van der Waals surface area contributed by atoms with Crippen molar-refractivity contribution in [2.75, 3.05) is 17.2 Å². The molecule has 4 aromatic rings. The number of para-hydroxylation sites is 1. The Bertz CT molecular complexity index is 1590. The van der Waals surface area contributed by atoms with Crippen molar-refractivity contribution in [3.05, 3.63) is 90.3 Å². The molecule has 1 N–H and O–H groups in total. The highest BCUT2D eigenvalue weighted by atomic mass is 32.2. The molecule has 1 fully saturated rings. The Hall–Kier alpha value is -4.65. The summed E-state index contributed by atoms with van der Waals surface area (Å²) in [5.74, 6) is 0.225. The number of hydrogen-bond acceptors (Lipinski definition) is 6. The summed E-state index contributed by atoms with van der Waals surface area (Å²) in [5.41, 5.74) is 3.86. The highest BCUT2D eigenvalue weighted by Crippen LogP contribution is 2.29. The van der Waals surface area contributed by atoms with Crippen molar-refractivity contribution >= 4 is 34.6 Å². The number of carbonyl (C=O) groups is 2. The SMILES string of the molecule is Cc1ccccc1N1C(=O)CS/C1=N\C(=O)NCCc1ccc(-c2ncn(-c3ccc(OC(F)(F)F)cc3)n2)cc1. The number of benzene rings is 3. The number of carbonyl (C=O) groups excluding carboxylic acids is 2. The van der Waals surface area contributed by atoms with Gasteiger partial charge in [-0.1, -0.05) is 54.2 Å². The lowest BCUT2D eigenvalue weighted by atomic mass is 10.1. The number of urea groups is 1. The highest BCUT2D eigenvalue weighted by Gasteiger charge is 2.32. The molecule has 0 atom stereocenters. The molecule has 1 aliphatic heterocycles. The van der Waals surface area contributed by atoms with Crippen LogP contribution in [0.5, 0.6) is 5.75 Å². The van der Waals surface area contributed by atoms with Gasteiger partial charge in [0.15, 0.2) is 11.0 Å². The van der Waals surface area contributed by atoms with Crippen LogP contribution in [0.25, 0.3) is 17.1 Å². The van der Waals surface area contributed by atoms with Gasteiger partial charge in [-0.05, 0) is 54.8 Å². The number of thioether (sulfide) groups is 1. The molecule has 13 heteroatoms. The molecule has 0 saturated carbocycles. The number of aryl methyl sites for hydroxylation is 1. The maximum atomic E-state index is 12.5. The van der Waals surface area contributed by atoms with Crippen LogP contribution >= 0.6 is 11.8 Å². The standard InChI is InChI=1S/C28H23F3N6O3S/c1-18-4-2-3-5-23(18)37-24(38)16-41-27(37)34-26(39)32-15-14-19-6-8-20(9-7-19)25-33-17-36(35-25)21-10-12-22(13-11-21)40-28(29,30)31/h2-13,17H,14-16H2,1H3,(H,32,39)/b34-27-. The molecule has 41 heavy (non-hydrogen) atoms. The fraction of sp³-hybridized carbons (Fsp3) is 0.179. The molecule has 5 rings (SSSR count). The number of nitrogens with one attached hydrogen (secondary N) is 1. The van der Waals surface area contributed by atoms with Crippen LogP contribution in [0.3, 0.4) is 0 Å². The second-order valence-electron chi connectivity index (χ2n) is 8.93. The monoisotopic (exact) mass is 580 g/mol. The van der Waals surface area contributed by atoms with Gasteiger partial charge in [0.1, 0.15) is 12.1 Å². The maximum absolute atomic E-state index is 12.5. The summed E-state index contributed by atoms with van der Waals surface area (Å²) in [4.78, 5) is 34.8. The van der Waals surface area contributed by atoms with E-state index in [0.29, 0.717) is 35.3 Å². The Morgan fingerprint density at radius 3 is 2.51 bits per heavy atom. The first-order valence-electron chi connectivity index (χ1n) is 12.4. The number of anilines is 1. The van der Waals surface area contributed by atoms with E-state index >= 15 is 0 Å². The molecule has 0 radical (unpaired) electrons.